The third kappa shape index (κ3) is 3.40. The topological polar surface area (TPSA) is 98.7 Å². The van der Waals surface area contributed by atoms with Crippen molar-refractivity contribution in [3.8, 4) is 0 Å². The monoisotopic (exact) mass is 283 g/mol. The summed E-state index contributed by atoms with van der Waals surface area (Å²) >= 11 is 0. The van der Waals surface area contributed by atoms with E-state index in [0.717, 1.165) is 19.3 Å². The van der Waals surface area contributed by atoms with Crippen LogP contribution in [0.2, 0.25) is 0 Å². The van der Waals surface area contributed by atoms with E-state index >= 15 is 0 Å². The number of aliphatic carboxylic acids is 1. The maximum Gasteiger partial charge on any atom is 0.318 e. The van der Waals surface area contributed by atoms with E-state index in [1.165, 1.54) is 4.90 Å². The Morgan fingerprint density at radius 2 is 2.20 bits per heavy atom. The Labute approximate surface area is 117 Å². The van der Waals surface area contributed by atoms with Crippen molar-refractivity contribution < 1.29 is 19.5 Å². The van der Waals surface area contributed by atoms with Gasteiger partial charge in [0.15, 0.2) is 0 Å². The third-order valence-corrected chi connectivity index (χ3v) is 3.98. The average molecular weight is 283 g/mol. The maximum absolute atomic E-state index is 12.2. The molecular formula is C13H21N3O4. The third-order valence-electron chi connectivity index (χ3n) is 3.98. The predicted octanol–water partition coefficient (Wildman–Crippen LogP) is 0.160. The molecule has 1 aliphatic heterocycles. The second kappa shape index (κ2) is 6.11. The van der Waals surface area contributed by atoms with Gasteiger partial charge in [-0.15, -0.1) is 0 Å². The number of carboxylic acid groups (broad SMARTS) is 1. The SMILES string of the molecule is CC1CCC(NC(=O)N2CCNC(=O)C2CC(=O)O)C1. The lowest BCUT2D eigenvalue weighted by molar-refractivity contribution is -0.142. The van der Waals surface area contributed by atoms with Crippen LogP contribution in [0.5, 0.6) is 0 Å². The quantitative estimate of drug-likeness (QED) is 0.687. The van der Waals surface area contributed by atoms with E-state index in [1.54, 1.807) is 0 Å². The average Bonchev–Trinajstić information content (AvgIpc) is 2.76. The van der Waals surface area contributed by atoms with Crippen molar-refractivity contribution >= 4 is 17.9 Å². The lowest BCUT2D eigenvalue weighted by Crippen LogP contribution is -2.60. The van der Waals surface area contributed by atoms with E-state index in [4.69, 9.17) is 5.11 Å². The molecule has 2 aliphatic rings. The molecule has 1 aliphatic carbocycles. The summed E-state index contributed by atoms with van der Waals surface area (Å²) in [6, 6.07) is -1.11. The molecular weight excluding hydrogens is 262 g/mol. The second-order valence-corrected chi connectivity index (χ2v) is 5.66. The Bertz CT molecular complexity index is 412. The molecule has 0 spiro atoms. The van der Waals surface area contributed by atoms with Crippen LogP contribution in [0.15, 0.2) is 0 Å². The Balaban J connectivity index is 1.98. The minimum Gasteiger partial charge on any atom is -0.481 e. The highest BCUT2D eigenvalue weighted by Crippen LogP contribution is 2.25. The first-order valence-electron chi connectivity index (χ1n) is 7.04. The number of piperazine rings is 1. The standard InChI is InChI=1S/C13H21N3O4/c1-8-2-3-9(6-8)15-13(20)16-5-4-14-12(19)10(16)7-11(17)18/h8-10H,2-7H2,1H3,(H,14,19)(H,15,20)(H,17,18). The highest BCUT2D eigenvalue weighted by Gasteiger charge is 2.36. The number of carbonyl (C=O) groups is 3. The van der Waals surface area contributed by atoms with Crippen LogP contribution in [-0.4, -0.2) is 53.1 Å². The largest absolute Gasteiger partial charge is 0.481 e. The maximum atomic E-state index is 12.2. The van der Waals surface area contributed by atoms with Crippen LogP contribution in [0.1, 0.15) is 32.6 Å². The first-order chi connectivity index (χ1) is 9.47. The number of urea groups is 1. The summed E-state index contributed by atoms with van der Waals surface area (Å²) in [5.41, 5.74) is 0. The van der Waals surface area contributed by atoms with Crippen molar-refractivity contribution in [2.75, 3.05) is 13.1 Å². The summed E-state index contributed by atoms with van der Waals surface area (Å²) in [6.07, 6.45) is 2.61. The minimum absolute atomic E-state index is 0.132. The molecule has 3 N–H and O–H groups in total. The molecule has 7 heteroatoms. The molecule has 0 radical (unpaired) electrons. The van der Waals surface area contributed by atoms with Gasteiger partial charge in [-0.05, 0) is 25.2 Å². The Morgan fingerprint density at radius 1 is 1.45 bits per heavy atom. The van der Waals surface area contributed by atoms with E-state index in [9.17, 15) is 14.4 Å². The Hall–Kier alpha value is -1.79. The van der Waals surface area contributed by atoms with Gasteiger partial charge in [0, 0.05) is 19.1 Å². The van der Waals surface area contributed by atoms with Crippen molar-refractivity contribution in [3.05, 3.63) is 0 Å². The van der Waals surface area contributed by atoms with Gasteiger partial charge in [-0.3, -0.25) is 9.59 Å². The summed E-state index contributed by atoms with van der Waals surface area (Å²) in [6.45, 7) is 2.86. The van der Waals surface area contributed by atoms with Gasteiger partial charge in [0.25, 0.3) is 0 Å². The zero-order chi connectivity index (χ0) is 14.7. The lowest BCUT2D eigenvalue weighted by atomic mass is 10.1. The number of nitrogens with zero attached hydrogens (tertiary/aromatic N) is 1. The normalized spacial score (nSPS) is 29.9. The Kier molecular flexibility index (Phi) is 4.46. The highest BCUT2D eigenvalue weighted by molar-refractivity contribution is 5.91. The molecule has 0 aromatic rings. The van der Waals surface area contributed by atoms with E-state index in [2.05, 4.69) is 17.6 Å². The summed E-state index contributed by atoms with van der Waals surface area (Å²) in [5, 5.41) is 14.4. The van der Waals surface area contributed by atoms with Gasteiger partial charge in [0.1, 0.15) is 6.04 Å². The summed E-state index contributed by atoms with van der Waals surface area (Å²) in [7, 11) is 0. The summed E-state index contributed by atoms with van der Waals surface area (Å²) < 4.78 is 0. The zero-order valence-electron chi connectivity index (χ0n) is 11.6. The number of carbonyl (C=O) groups excluding carboxylic acids is 2. The number of hydrogen-bond acceptors (Lipinski definition) is 3. The van der Waals surface area contributed by atoms with Crippen LogP contribution in [0, 0.1) is 5.92 Å². The van der Waals surface area contributed by atoms with E-state index < -0.39 is 17.9 Å². The van der Waals surface area contributed by atoms with Crippen LogP contribution in [0.3, 0.4) is 0 Å². The zero-order valence-corrected chi connectivity index (χ0v) is 11.6. The molecule has 112 valence electrons. The molecule has 20 heavy (non-hydrogen) atoms. The fourth-order valence-corrected chi connectivity index (χ4v) is 2.92. The van der Waals surface area contributed by atoms with Gasteiger partial charge >= 0.3 is 12.0 Å². The fraction of sp³-hybridized carbons (Fsp3) is 0.769. The molecule has 0 bridgehead atoms. The first kappa shape index (κ1) is 14.6. The van der Waals surface area contributed by atoms with E-state index in [1.807, 2.05) is 0 Å². The lowest BCUT2D eigenvalue weighted by Gasteiger charge is -2.35. The molecule has 0 aromatic heterocycles. The van der Waals surface area contributed by atoms with Crippen LogP contribution in [-0.2, 0) is 9.59 Å². The number of hydrogen-bond donors (Lipinski definition) is 3. The molecule has 1 heterocycles. The van der Waals surface area contributed by atoms with Crippen LogP contribution < -0.4 is 10.6 Å². The molecule has 7 nitrogen and oxygen atoms in total. The van der Waals surface area contributed by atoms with Gasteiger partial charge in [0.05, 0.1) is 6.42 Å². The highest BCUT2D eigenvalue weighted by atomic mass is 16.4. The van der Waals surface area contributed by atoms with E-state index in [0.29, 0.717) is 19.0 Å². The fourth-order valence-electron chi connectivity index (χ4n) is 2.92. The first-order valence-corrected chi connectivity index (χ1v) is 7.04. The molecule has 1 saturated carbocycles. The van der Waals surface area contributed by atoms with Crippen molar-refractivity contribution in [2.45, 2.75) is 44.7 Å². The van der Waals surface area contributed by atoms with Crippen LogP contribution in [0.4, 0.5) is 4.79 Å². The van der Waals surface area contributed by atoms with Crippen molar-refractivity contribution in [1.29, 1.82) is 0 Å². The molecule has 0 aromatic carbocycles. The second-order valence-electron chi connectivity index (χ2n) is 5.66. The minimum atomic E-state index is -1.08. The molecule has 1 saturated heterocycles. The van der Waals surface area contributed by atoms with Gasteiger partial charge in [-0.25, -0.2) is 4.79 Å². The van der Waals surface area contributed by atoms with Gasteiger partial charge < -0.3 is 20.6 Å². The smallest absolute Gasteiger partial charge is 0.318 e. The van der Waals surface area contributed by atoms with Crippen molar-refractivity contribution in [1.82, 2.24) is 15.5 Å². The van der Waals surface area contributed by atoms with Gasteiger partial charge in [-0.2, -0.15) is 0 Å². The molecule has 3 unspecified atom stereocenters. The molecule has 2 fully saturated rings. The van der Waals surface area contributed by atoms with Crippen LogP contribution in [0.25, 0.3) is 0 Å². The summed E-state index contributed by atoms with van der Waals surface area (Å²) in [5.74, 6) is -0.882. The predicted molar refractivity (Wildman–Crippen MR) is 71.1 cm³/mol. The van der Waals surface area contributed by atoms with Crippen molar-refractivity contribution in [3.63, 3.8) is 0 Å². The molecule has 3 atom stereocenters. The van der Waals surface area contributed by atoms with Crippen molar-refractivity contribution in [2.24, 2.45) is 5.92 Å². The number of amides is 3. The van der Waals surface area contributed by atoms with E-state index in [-0.39, 0.29) is 18.5 Å². The number of carboxylic acids is 1. The molecule has 2 rings (SSSR count). The number of nitrogens with one attached hydrogen (secondary N) is 2. The summed E-state index contributed by atoms with van der Waals surface area (Å²) in [4.78, 5) is 36.2. The van der Waals surface area contributed by atoms with Crippen LogP contribution >= 0.6 is 0 Å². The van der Waals surface area contributed by atoms with Gasteiger partial charge in [-0.1, -0.05) is 6.92 Å². The van der Waals surface area contributed by atoms with Gasteiger partial charge in [0.2, 0.25) is 5.91 Å². The number of rotatable bonds is 3. The molecule has 3 amide bonds. The Morgan fingerprint density at radius 3 is 2.80 bits per heavy atom.